The minimum absolute atomic E-state index is 0.128. The zero-order valence-corrected chi connectivity index (χ0v) is 5.59. The maximum Gasteiger partial charge on any atom is 0.100 e. The standard InChI is InChI=1S/C6H13NO2/c1-2-3-7-6(4-8)5-9/h4,7-9H,2-3,5H2,1H3/b6-4+. The molecule has 0 bridgehead atoms. The van der Waals surface area contributed by atoms with E-state index in [9.17, 15) is 0 Å². The second kappa shape index (κ2) is 5.44. The van der Waals surface area contributed by atoms with Crippen LogP contribution in [0.25, 0.3) is 0 Å². The number of rotatable bonds is 4. The van der Waals surface area contributed by atoms with Crippen molar-refractivity contribution in [1.82, 2.24) is 5.32 Å². The molecule has 0 aliphatic carbocycles. The monoisotopic (exact) mass is 131 g/mol. The van der Waals surface area contributed by atoms with E-state index in [-0.39, 0.29) is 6.61 Å². The fourth-order valence-electron chi connectivity index (χ4n) is 0.428. The van der Waals surface area contributed by atoms with E-state index in [4.69, 9.17) is 10.2 Å². The maximum atomic E-state index is 8.46. The number of aliphatic hydroxyl groups excluding tert-OH is 2. The summed E-state index contributed by atoms with van der Waals surface area (Å²) in [5.74, 6) is 0. The molecule has 0 aromatic rings. The van der Waals surface area contributed by atoms with Crippen molar-refractivity contribution >= 4 is 0 Å². The Morgan fingerprint density at radius 2 is 2.33 bits per heavy atom. The average molecular weight is 131 g/mol. The van der Waals surface area contributed by atoms with Gasteiger partial charge in [0.15, 0.2) is 0 Å². The first-order chi connectivity index (χ1) is 4.35. The molecule has 0 spiro atoms. The molecule has 0 aliphatic heterocycles. The molecule has 0 aliphatic rings. The molecule has 0 radical (unpaired) electrons. The molecule has 0 amide bonds. The van der Waals surface area contributed by atoms with Crippen molar-refractivity contribution < 1.29 is 10.2 Å². The summed E-state index contributed by atoms with van der Waals surface area (Å²) in [6.07, 6.45) is 1.87. The van der Waals surface area contributed by atoms with Crippen LogP contribution < -0.4 is 5.32 Å². The first-order valence-corrected chi connectivity index (χ1v) is 3.03. The highest BCUT2D eigenvalue weighted by molar-refractivity contribution is 4.93. The van der Waals surface area contributed by atoms with E-state index in [0.717, 1.165) is 19.2 Å². The van der Waals surface area contributed by atoms with E-state index in [1.54, 1.807) is 0 Å². The van der Waals surface area contributed by atoms with E-state index in [1.165, 1.54) is 0 Å². The van der Waals surface area contributed by atoms with Crippen molar-refractivity contribution in [3.8, 4) is 0 Å². The van der Waals surface area contributed by atoms with Gasteiger partial charge < -0.3 is 15.5 Å². The third-order valence-corrected chi connectivity index (χ3v) is 0.928. The van der Waals surface area contributed by atoms with Crippen LogP contribution in [-0.2, 0) is 0 Å². The predicted molar refractivity (Wildman–Crippen MR) is 36.1 cm³/mol. The lowest BCUT2D eigenvalue weighted by atomic mass is 10.4. The molecule has 0 saturated carbocycles. The van der Waals surface area contributed by atoms with Gasteiger partial charge in [0.1, 0.15) is 6.26 Å². The van der Waals surface area contributed by atoms with Gasteiger partial charge in [-0.2, -0.15) is 0 Å². The smallest absolute Gasteiger partial charge is 0.100 e. The Labute approximate surface area is 55.0 Å². The second-order valence-electron chi connectivity index (χ2n) is 1.74. The maximum absolute atomic E-state index is 8.46. The lowest BCUT2D eigenvalue weighted by molar-refractivity contribution is 0.312. The second-order valence-corrected chi connectivity index (χ2v) is 1.74. The summed E-state index contributed by atoms with van der Waals surface area (Å²) >= 11 is 0. The van der Waals surface area contributed by atoms with Crippen LogP contribution in [0.3, 0.4) is 0 Å². The Morgan fingerprint density at radius 1 is 1.67 bits per heavy atom. The van der Waals surface area contributed by atoms with E-state index in [2.05, 4.69) is 5.32 Å². The summed E-state index contributed by atoms with van der Waals surface area (Å²) in [7, 11) is 0. The number of hydrogen-bond acceptors (Lipinski definition) is 3. The van der Waals surface area contributed by atoms with Crippen LogP contribution in [0.5, 0.6) is 0 Å². The van der Waals surface area contributed by atoms with Gasteiger partial charge in [0, 0.05) is 6.54 Å². The molecule has 54 valence electrons. The Hall–Kier alpha value is -0.700. The van der Waals surface area contributed by atoms with Crippen molar-refractivity contribution in [1.29, 1.82) is 0 Å². The highest BCUT2D eigenvalue weighted by atomic mass is 16.3. The van der Waals surface area contributed by atoms with Crippen LogP contribution in [0.2, 0.25) is 0 Å². The Morgan fingerprint density at radius 3 is 2.67 bits per heavy atom. The van der Waals surface area contributed by atoms with E-state index >= 15 is 0 Å². The number of hydrogen-bond donors (Lipinski definition) is 3. The lowest BCUT2D eigenvalue weighted by Crippen LogP contribution is -2.16. The highest BCUT2D eigenvalue weighted by Crippen LogP contribution is 1.83. The van der Waals surface area contributed by atoms with Crippen LogP contribution in [0.4, 0.5) is 0 Å². The van der Waals surface area contributed by atoms with Gasteiger partial charge in [0.05, 0.1) is 12.3 Å². The molecule has 0 atom stereocenters. The van der Waals surface area contributed by atoms with E-state index in [1.807, 2.05) is 6.92 Å². The Kier molecular flexibility index (Phi) is 5.01. The van der Waals surface area contributed by atoms with Crippen molar-refractivity contribution in [2.75, 3.05) is 13.2 Å². The van der Waals surface area contributed by atoms with Crippen LogP contribution in [-0.4, -0.2) is 23.4 Å². The van der Waals surface area contributed by atoms with Crippen molar-refractivity contribution in [3.63, 3.8) is 0 Å². The van der Waals surface area contributed by atoms with Gasteiger partial charge in [0.2, 0.25) is 0 Å². The molecule has 3 N–H and O–H groups in total. The minimum atomic E-state index is -0.128. The molecule has 0 unspecified atom stereocenters. The highest BCUT2D eigenvalue weighted by Gasteiger charge is 1.89. The van der Waals surface area contributed by atoms with Crippen molar-refractivity contribution in [2.24, 2.45) is 0 Å². The first-order valence-electron chi connectivity index (χ1n) is 3.03. The van der Waals surface area contributed by atoms with Gasteiger partial charge in [0.25, 0.3) is 0 Å². The van der Waals surface area contributed by atoms with Gasteiger partial charge in [-0.1, -0.05) is 6.92 Å². The van der Waals surface area contributed by atoms with Gasteiger partial charge in [-0.25, -0.2) is 0 Å². The summed E-state index contributed by atoms with van der Waals surface area (Å²) < 4.78 is 0. The summed E-state index contributed by atoms with van der Waals surface area (Å²) in [6, 6.07) is 0. The molecule has 9 heavy (non-hydrogen) atoms. The van der Waals surface area contributed by atoms with Gasteiger partial charge in [-0.05, 0) is 6.42 Å². The molecule has 0 rings (SSSR count). The number of nitrogens with one attached hydrogen (secondary N) is 1. The molecule has 0 aromatic heterocycles. The van der Waals surface area contributed by atoms with E-state index in [0.29, 0.717) is 5.70 Å². The largest absolute Gasteiger partial charge is 0.514 e. The average Bonchev–Trinajstić information content (AvgIpc) is 1.91. The molecular formula is C6H13NO2. The molecule has 0 aromatic carbocycles. The van der Waals surface area contributed by atoms with Crippen molar-refractivity contribution in [3.05, 3.63) is 12.0 Å². The molecule has 3 nitrogen and oxygen atoms in total. The van der Waals surface area contributed by atoms with E-state index < -0.39 is 0 Å². The van der Waals surface area contributed by atoms with Gasteiger partial charge in [-0.15, -0.1) is 0 Å². The summed E-state index contributed by atoms with van der Waals surface area (Å²) in [4.78, 5) is 0. The fraction of sp³-hybridized carbons (Fsp3) is 0.667. The fourth-order valence-corrected chi connectivity index (χ4v) is 0.428. The van der Waals surface area contributed by atoms with Crippen LogP contribution >= 0.6 is 0 Å². The van der Waals surface area contributed by atoms with Gasteiger partial charge >= 0.3 is 0 Å². The molecule has 0 heterocycles. The molecule has 3 heteroatoms. The third-order valence-electron chi connectivity index (χ3n) is 0.928. The number of aliphatic hydroxyl groups is 2. The topological polar surface area (TPSA) is 52.5 Å². The quantitative estimate of drug-likeness (QED) is 0.483. The minimum Gasteiger partial charge on any atom is -0.514 e. The summed E-state index contributed by atoms with van der Waals surface area (Å²) in [5.41, 5.74) is 0.469. The van der Waals surface area contributed by atoms with Crippen molar-refractivity contribution in [2.45, 2.75) is 13.3 Å². The molecule has 0 fully saturated rings. The zero-order valence-electron chi connectivity index (χ0n) is 5.59. The van der Waals surface area contributed by atoms with Crippen LogP contribution in [0, 0.1) is 0 Å². The SMILES string of the molecule is CCCN/C(=C/O)CO. The third kappa shape index (κ3) is 3.85. The molecular weight excluding hydrogens is 118 g/mol. The first kappa shape index (κ1) is 8.30. The normalized spacial score (nSPS) is 11.6. The summed E-state index contributed by atoms with van der Waals surface area (Å²) in [5, 5.41) is 19.7. The lowest BCUT2D eigenvalue weighted by Gasteiger charge is -2.03. The van der Waals surface area contributed by atoms with Crippen LogP contribution in [0.1, 0.15) is 13.3 Å². The Bertz CT molecular complexity index is 91.1. The zero-order chi connectivity index (χ0) is 7.11. The summed E-state index contributed by atoms with van der Waals surface area (Å²) in [6.45, 7) is 2.67. The Balaban J connectivity index is 3.33. The van der Waals surface area contributed by atoms with Gasteiger partial charge in [-0.3, -0.25) is 0 Å². The van der Waals surface area contributed by atoms with Crippen LogP contribution in [0.15, 0.2) is 12.0 Å². The molecule has 0 saturated heterocycles. The predicted octanol–water partition coefficient (Wildman–Crippen LogP) is 0.378.